The second-order valence-corrected chi connectivity index (χ2v) is 3.16. The van der Waals surface area contributed by atoms with Crippen molar-refractivity contribution in [3.63, 3.8) is 0 Å². The Morgan fingerprint density at radius 2 is 2.21 bits per heavy atom. The molecule has 2 nitrogen and oxygen atoms in total. The highest BCUT2D eigenvalue weighted by Gasteiger charge is 1.99. The first kappa shape index (κ1) is 10.5. The molecule has 0 bridgehead atoms. The number of benzene rings is 1. The van der Waals surface area contributed by atoms with Crippen molar-refractivity contribution in [2.24, 2.45) is 0 Å². The maximum atomic E-state index is 10.4. The van der Waals surface area contributed by atoms with Crippen molar-refractivity contribution in [3.8, 4) is 0 Å². The Kier molecular flexibility index (Phi) is 3.46. The Morgan fingerprint density at radius 3 is 2.79 bits per heavy atom. The van der Waals surface area contributed by atoms with Crippen LogP contribution in [0.2, 0.25) is 0 Å². The Balaban J connectivity index is 3.03. The molecule has 0 heterocycles. The van der Waals surface area contributed by atoms with Crippen molar-refractivity contribution in [2.75, 3.05) is 0 Å². The second kappa shape index (κ2) is 4.61. The summed E-state index contributed by atoms with van der Waals surface area (Å²) in [6.07, 6.45) is 3.78. The van der Waals surface area contributed by atoms with Gasteiger partial charge in [-0.05, 0) is 36.1 Å². The van der Waals surface area contributed by atoms with Gasteiger partial charge in [-0.15, -0.1) is 0 Å². The zero-order valence-corrected chi connectivity index (χ0v) is 8.45. The number of aryl methyl sites for hydroxylation is 1. The standard InChI is InChI=1S/C12H14O2/c1-3-10-5-4-6-11(9(10)2)7-8-12(13)14/h4-8H,3H2,1-2H3,(H,13,14)/b8-7+. The van der Waals surface area contributed by atoms with Gasteiger partial charge in [0, 0.05) is 6.08 Å². The predicted molar refractivity (Wildman–Crippen MR) is 57.2 cm³/mol. The maximum Gasteiger partial charge on any atom is 0.328 e. The largest absolute Gasteiger partial charge is 0.478 e. The lowest BCUT2D eigenvalue weighted by Gasteiger charge is -2.05. The van der Waals surface area contributed by atoms with Crippen LogP contribution in [0, 0.1) is 6.92 Å². The van der Waals surface area contributed by atoms with Crippen molar-refractivity contribution in [3.05, 3.63) is 41.0 Å². The van der Waals surface area contributed by atoms with Gasteiger partial charge in [-0.2, -0.15) is 0 Å². The molecule has 0 radical (unpaired) electrons. The molecular weight excluding hydrogens is 176 g/mol. The Bertz CT molecular complexity index is 365. The van der Waals surface area contributed by atoms with Crippen molar-refractivity contribution in [1.82, 2.24) is 0 Å². The highest BCUT2D eigenvalue weighted by Crippen LogP contribution is 2.15. The van der Waals surface area contributed by atoms with Gasteiger partial charge in [0.25, 0.3) is 0 Å². The normalized spacial score (nSPS) is 10.7. The minimum Gasteiger partial charge on any atom is -0.478 e. The topological polar surface area (TPSA) is 37.3 Å². The van der Waals surface area contributed by atoms with E-state index in [4.69, 9.17) is 5.11 Å². The van der Waals surface area contributed by atoms with E-state index in [-0.39, 0.29) is 0 Å². The summed E-state index contributed by atoms with van der Waals surface area (Å²) >= 11 is 0. The van der Waals surface area contributed by atoms with Gasteiger partial charge in [-0.1, -0.05) is 25.1 Å². The molecule has 74 valence electrons. The van der Waals surface area contributed by atoms with Crippen LogP contribution >= 0.6 is 0 Å². The fraction of sp³-hybridized carbons (Fsp3) is 0.250. The molecular formula is C12H14O2. The van der Waals surface area contributed by atoms with E-state index in [0.717, 1.165) is 17.5 Å². The van der Waals surface area contributed by atoms with Gasteiger partial charge >= 0.3 is 5.97 Å². The Morgan fingerprint density at radius 1 is 1.50 bits per heavy atom. The molecule has 0 amide bonds. The molecule has 1 rings (SSSR count). The molecule has 1 aromatic carbocycles. The molecule has 0 fully saturated rings. The fourth-order valence-electron chi connectivity index (χ4n) is 1.43. The quantitative estimate of drug-likeness (QED) is 0.744. The molecule has 1 N–H and O–H groups in total. The van der Waals surface area contributed by atoms with Gasteiger partial charge in [-0.25, -0.2) is 4.79 Å². The van der Waals surface area contributed by atoms with E-state index in [9.17, 15) is 4.79 Å². The van der Waals surface area contributed by atoms with Gasteiger partial charge in [0.15, 0.2) is 0 Å². The summed E-state index contributed by atoms with van der Waals surface area (Å²) in [5.74, 6) is -0.911. The monoisotopic (exact) mass is 190 g/mol. The van der Waals surface area contributed by atoms with Gasteiger partial charge < -0.3 is 5.11 Å². The molecule has 1 aromatic rings. The molecule has 0 unspecified atom stereocenters. The third-order valence-corrected chi connectivity index (χ3v) is 2.27. The lowest BCUT2D eigenvalue weighted by molar-refractivity contribution is -0.131. The van der Waals surface area contributed by atoms with Crippen molar-refractivity contribution in [2.45, 2.75) is 20.3 Å². The van der Waals surface area contributed by atoms with Gasteiger partial charge in [0.05, 0.1) is 0 Å². The summed E-state index contributed by atoms with van der Waals surface area (Å²) in [7, 11) is 0. The average molecular weight is 190 g/mol. The van der Waals surface area contributed by atoms with Crippen LogP contribution in [0.15, 0.2) is 24.3 Å². The molecule has 0 aliphatic rings. The zero-order chi connectivity index (χ0) is 10.6. The number of hydrogen-bond acceptors (Lipinski definition) is 1. The van der Waals surface area contributed by atoms with Crippen LogP contribution in [0.3, 0.4) is 0 Å². The fourth-order valence-corrected chi connectivity index (χ4v) is 1.43. The first-order chi connectivity index (χ1) is 6.65. The van der Waals surface area contributed by atoms with Crippen LogP contribution < -0.4 is 0 Å². The van der Waals surface area contributed by atoms with E-state index in [1.165, 1.54) is 11.6 Å². The minimum atomic E-state index is -0.911. The minimum absolute atomic E-state index is 0.911. The smallest absolute Gasteiger partial charge is 0.328 e. The molecule has 0 aliphatic carbocycles. The summed E-state index contributed by atoms with van der Waals surface area (Å²) in [5, 5.41) is 8.51. The number of carboxylic acid groups (broad SMARTS) is 1. The Labute approximate surface area is 83.9 Å². The summed E-state index contributed by atoms with van der Waals surface area (Å²) in [6, 6.07) is 5.94. The van der Waals surface area contributed by atoms with E-state index in [0.29, 0.717) is 0 Å². The predicted octanol–water partition coefficient (Wildman–Crippen LogP) is 2.66. The van der Waals surface area contributed by atoms with E-state index in [2.05, 4.69) is 13.0 Å². The van der Waals surface area contributed by atoms with Crippen LogP contribution in [-0.4, -0.2) is 11.1 Å². The molecule has 14 heavy (non-hydrogen) atoms. The number of rotatable bonds is 3. The Hall–Kier alpha value is -1.57. The van der Waals surface area contributed by atoms with Gasteiger partial charge in [-0.3, -0.25) is 0 Å². The van der Waals surface area contributed by atoms with Crippen LogP contribution in [0.1, 0.15) is 23.6 Å². The molecule has 0 saturated carbocycles. The lowest BCUT2D eigenvalue weighted by atomic mass is 10.0. The van der Waals surface area contributed by atoms with Gasteiger partial charge in [0.2, 0.25) is 0 Å². The molecule has 0 spiro atoms. The van der Waals surface area contributed by atoms with Gasteiger partial charge in [0.1, 0.15) is 0 Å². The van der Waals surface area contributed by atoms with Crippen LogP contribution in [0.4, 0.5) is 0 Å². The molecule has 0 atom stereocenters. The van der Waals surface area contributed by atoms with E-state index in [1.807, 2.05) is 19.1 Å². The van der Waals surface area contributed by atoms with Crippen molar-refractivity contribution < 1.29 is 9.90 Å². The van der Waals surface area contributed by atoms with Crippen LogP contribution in [0.25, 0.3) is 6.08 Å². The summed E-state index contributed by atoms with van der Waals surface area (Å²) in [6.45, 7) is 4.10. The first-order valence-corrected chi connectivity index (χ1v) is 4.64. The third-order valence-electron chi connectivity index (χ3n) is 2.27. The highest BCUT2D eigenvalue weighted by atomic mass is 16.4. The molecule has 2 heteroatoms. The lowest BCUT2D eigenvalue weighted by Crippen LogP contribution is -1.91. The first-order valence-electron chi connectivity index (χ1n) is 4.64. The number of carboxylic acids is 1. The highest BCUT2D eigenvalue weighted by molar-refractivity contribution is 5.85. The van der Waals surface area contributed by atoms with Crippen molar-refractivity contribution >= 4 is 12.0 Å². The SMILES string of the molecule is CCc1cccc(/C=C/C(=O)O)c1C. The number of carbonyl (C=O) groups is 1. The molecule has 0 aliphatic heterocycles. The number of aliphatic carboxylic acids is 1. The van der Waals surface area contributed by atoms with E-state index < -0.39 is 5.97 Å². The van der Waals surface area contributed by atoms with Crippen LogP contribution in [-0.2, 0) is 11.2 Å². The molecule has 0 aromatic heterocycles. The number of hydrogen-bond donors (Lipinski definition) is 1. The maximum absolute atomic E-state index is 10.4. The van der Waals surface area contributed by atoms with E-state index >= 15 is 0 Å². The molecule has 0 saturated heterocycles. The second-order valence-electron chi connectivity index (χ2n) is 3.16. The average Bonchev–Trinajstić information content (AvgIpc) is 2.16. The third kappa shape index (κ3) is 2.46. The van der Waals surface area contributed by atoms with Crippen LogP contribution in [0.5, 0.6) is 0 Å². The zero-order valence-electron chi connectivity index (χ0n) is 8.45. The summed E-state index contributed by atoms with van der Waals surface area (Å²) < 4.78 is 0. The van der Waals surface area contributed by atoms with E-state index in [1.54, 1.807) is 6.08 Å². The summed E-state index contributed by atoms with van der Waals surface area (Å²) in [5.41, 5.74) is 3.40. The van der Waals surface area contributed by atoms with Crippen molar-refractivity contribution in [1.29, 1.82) is 0 Å². The summed E-state index contributed by atoms with van der Waals surface area (Å²) in [4.78, 5) is 10.4.